The van der Waals surface area contributed by atoms with Crippen LogP contribution in [0.25, 0.3) is 6.08 Å². The lowest BCUT2D eigenvalue weighted by atomic mass is 9.53. The number of hydrogen-bond acceptors (Lipinski definition) is 5. The Bertz CT molecular complexity index is 826. The van der Waals surface area contributed by atoms with Gasteiger partial charge in [0.1, 0.15) is 0 Å². The number of ether oxygens (including phenoxy) is 3. The fourth-order valence-corrected chi connectivity index (χ4v) is 6.12. The van der Waals surface area contributed by atoms with Crippen LogP contribution in [0.2, 0.25) is 0 Å². The summed E-state index contributed by atoms with van der Waals surface area (Å²) in [7, 11) is 1.57. The molecule has 1 aromatic carbocycles. The van der Waals surface area contributed by atoms with Crippen LogP contribution in [0.4, 0.5) is 0 Å². The summed E-state index contributed by atoms with van der Waals surface area (Å²) in [6, 6.07) is 5.42. The van der Waals surface area contributed by atoms with Crippen molar-refractivity contribution >= 4 is 18.0 Å². The van der Waals surface area contributed by atoms with Crippen LogP contribution in [0.15, 0.2) is 24.3 Å². The second kappa shape index (κ2) is 8.93. The molecule has 1 aromatic rings. The van der Waals surface area contributed by atoms with Gasteiger partial charge >= 0.3 is 5.97 Å². The molecule has 1 amide bonds. The molecular formula is C25H33NO5. The van der Waals surface area contributed by atoms with Gasteiger partial charge in [-0.1, -0.05) is 6.07 Å². The van der Waals surface area contributed by atoms with Crippen molar-refractivity contribution in [3.8, 4) is 11.5 Å². The maximum absolute atomic E-state index is 12.8. The fourth-order valence-electron chi connectivity index (χ4n) is 6.12. The molecule has 4 fully saturated rings. The van der Waals surface area contributed by atoms with Crippen molar-refractivity contribution in [2.45, 2.75) is 64.0 Å². The zero-order valence-electron chi connectivity index (χ0n) is 18.7. The summed E-state index contributed by atoms with van der Waals surface area (Å²) >= 11 is 0. The van der Waals surface area contributed by atoms with E-state index in [0.29, 0.717) is 18.1 Å². The van der Waals surface area contributed by atoms with Gasteiger partial charge in [0.15, 0.2) is 17.6 Å². The van der Waals surface area contributed by atoms with E-state index < -0.39 is 12.1 Å². The molecule has 4 bridgehead atoms. The number of nitrogens with one attached hydrogen (secondary N) is 1. The molecule has 0 saturated heterocycles. The number of hydrogen-bond donors (Lipinski definition) is 1. The molecule has 168 valence electrons. The van der Waals surface area contributed by atoms with E-state index >= 15 is 0 Å². The van der Waals surface area contributed by atoms with Gasteiger partial charge in [0, 0.05) is 11.6 Å². The Morgan fingerprint density at radius 1 is 1.13 bits per heavy atom. The molecule has 4 aliphatic carbocycles. The zero-order chi connectivity index (χ0) is 22.0. The highest BCUT2D eigenvalue weighted by molar-refractivity contribution is 5.90. The topological polar surface area (TPSA) is 73.9 Å². The average molecular weight is 428 g/mol. The van der Waals surface area contributed by atoms with Crippen molar-refractivity contribution < 1.29 is 23.8 Å². The number of benzene rings is 1. The first-order valence-corrected chi connectivity index (χ1v) is 11.4. The normalized spacial score (nSPS) is 29.6. The van der Waals surface area contributed by atoms with E-state index in [1.807, 2.05) is 13.0 Å². The van der Waals surface area contributed by atoms with E-state index in [-0.39, 0.29) is 11.4 Å². The minimum Gasteiger partial charge on any atom is -0.493 e. The van der Waals surface area contributed by atoms with E-state index in [9.17, 15) is 9.59 Å². The minimum absolute atomic E-state index is 0.0821. The average Bonchev–Trinajstić information content (AvgIpc) is 2.71. The minimum atomic E-state index is -0.819. The van der Waals surface area contributed by atoms with Crippen LogP contribution < -0.4 is 14.8 Å². The molecule has 0 aliphatic heterocycles. The highest BCUT2D eigenvalue weighted by atomic mass is 16.5. The Morgan fingerprint density at radius 3 is 2.35 bits per heavy atom. The number of amides is 1. The number of methoxy groups -OCH3 is 1. The van der Waals surface area contributed by atoms with Crippen LogP contribution in [0, 0.1) is 17.8 Å². The van der Waals surface area contributed by atoms with Gasteiger partial charge in [0.05, 0.1) is 13.7 Å². The summed E-state index contributed by atoms with van der Waals surface area (Å²) in [4.78, 5) is 25.1. The Balaban J connectivity index is 1.32. The molecule has 4 aliphatic rings. The summed E-state index contributed by atoms with van der Waals surface area (Å²) in [5, 5.41) is 3.27. The molecule has 0 radical (unpaired) electrons. The van der Waals surface area contributed by atoms with Gasteiger partial charge in [0.25, 0.3) is 5.91 Å². The Kier molecular flexibility index (Phi) is 6.26. The monoisotopic (exact) mass is 427 g/mol. The molecule has 0 aromatic heterocycles. The second-order valence-corrected chi connectivity index (χ2v) is 9.44. The van der Waals surface area contributed by atoms with E-state index in [2.05, 4.69) is 5.32 Å². The molecule has 4 saturated carbocycles. The smallest absolute Gasteiger partial charge is 0.331 e. The van der Waals surface area contributed by atoms with Crippen LogP contribution in [-0.2, 0) is 14.3 Å². The molecule has 6 nitrogen and oxygen atoms in total. The molecule has 1 N–H and O–H groups in total. The zero-order valence-corrected chi connectivity index (χ0v) is 18.7. The Labute approximate surface area is 184 Å². The molecule has 0 heterocycles. The molecule has 0 unspecified atom stereocenters. The van der Waals surface area contributed by atoms with Crippen LogP contribution in [0.5, 0.6) is 11.5 Å². The summed E-state index contributed by atoms with van der Waals surface area (Å²) < 4.78 is 16.2. The summed E-state index contributed by atoms with van der Waals surface area (Å²) in [5.41, 5.74) is 0.698. The van der Waals surface area contributed by atoms with Gasteiger partial charge < -0.3 is 19.5 Å². The molecule has 5 rings (SSSR count). The number of carbonyl (C=O) groups is 2. The molecule has 1 atom stereocenters. The number of esters is 1. The van der Waals surface area contributed by atoms with Gasteiger partial charge in [-0.2, -0.15) is 0 Å². The predicted molar refractivity (Wildman–Crippen MR) is 118 cm³/mol. The van der Waals surface area contributed by atoms with Crippen molar-refractivity contribution in [2.75, 3.05) is 13.7 Å². The third kappa shape index (κ3) is 4.89. The van der Waals surface area contributed by atoms with E-state index in [4.69, 9.17) is 14.2 Å². The molecule has 31 heavy (non-hydrogen) atoms. The summed E-state index contributed by atoms with van der Waals surface area (Å²) in [5.74, 6) is 2.77. The lowest BCUT2D eigenvalue weighted by Gasteiger charge is -2.57. The Morgan fingerprint density at radius 2 is 1.77 bits per heavy atom. The largest absolute Gasteiger partial charge is 0.493 e. The van der Waals surface area contributed by atoms with E-state index in [0.717, 1.165) is 42.6 Å². The van der Waals surface area contributed by atoms with E-state index in [1.54, 1.807) is 32.2 Å². The first-order chi connectivity index (χ1) is 14.9. The Hall–Kier alpha value is -2.50. The standard InChI is InChI=1S/C25H33NO5/c1-4-30-21-7-5-17(12-22(21)29-3)6-8-23(27)31-16(2)24(28)26-25-13-18-9-19(14-25)11-20(10-18)15-25/h5-8,12,16,18-20H,4,9-11,13-15H2,1-3H3,(H,26,28)/b8-6+/t16-,18?,19?,20?,25?/m1/s1. The molecule has 6 heteroatoms. The lowest BCUT2D eigenvalue weighted by molar-refractivity contribution is -0.152. The van der Waals surface area contributed by atoms with Crippen molar-refractivity contribution in [1.82, 2.24) is 5.32 Å². The van der Waals surface area contributed by atoms with Crippen molar-refractivity contribution in [3.05, 3.63) is 29.8 Å². The maximum atomic E-state index is 12.8. The van der Waals surface area contributed by atoms with Gasteiger partial charge in [0.2, 0.25) is 0 Å². The van der Waals surface area contributed by atoms with Gasteiger partial charge in [-0.25, -0.2) is 4.79 Å². The van der Waals surface area contributed by atoms with Gasteiger partial charge in [-0.15, -0.1) is 0 Å². The predicted octanol–water partition coefficient (Wildman–Crippen LogP) is 4.12. The second-order valence-electron chi connectivity index (χ2n) is 9.44. The quantitative estimate of drug-likeness (QED) is 0.499. The number of carbonyl (C=O) groups excluding carboxylic acids is 2. The first-order valence-electron chi connectivity index (χ1n) is 11.4. The van der Waals surface area contributed by atoms with Crippen molar-refractivity contribution in [2.24, 2.45) is 17.8 Å². The maximum Gasteiger partial charge on any atom is 0.331 e. The SMILES string of the molecule is CCOc1ccc(/C=C/C(=O)O[C@H](C)C(=O)NC23CC4CC(CC(C4)C2)C3)cc1OC. The van der Waals surface area contributed by atoms with Crippen LogP contribution in [0.1, 0.15) is 57.9 Å². The van der Waals surface area contributed by atoms with Crippen LogP contribution in [0.3, 0.4) is 0 Å². The third-order valence-electron chi connectivity index (χ3n) is 6.99. The van der Waals surface area contributed by atoms with E-state index in [1.165, 1.54) is 25.3 Å². The van der Waals surface area contributed by atoms with Crippen LogP contribution >= 0.6 is 0 Å². The summed E-state index contributed by atoms with van der Waals surface area (Å²) in [6.45, 7) is 4.09. The lowest BCUT2D eigenvalue weighted by Crippen LogP contribution is -2.61. The highest BCUT2D eigenvalue weighted by Crippen LogP contribution is 2.55. The van der Waals surface area contributed by atoms with Crippen LogP contribution in [-0.4, -0.2) is 37.2 Å². The molecular weight excluding hydrogens is 394 g/mol. The van der Waals surface area contributed by atoms with Gasteiger partial charge in [-0.3, -0.25) is 4.79 Å². The van der Waals surface area contributed by atoms with Crippen molar-refractivity contribution in [3.63, 3.8) is 0 Å². The van der Waals surface area contributed by atoms with Gasteiger partial charge in [-0.05, 0) is 93.9 Å². The first kappa shape index (κ1) is 21.7. The highest BCUT2D eigenvalue weighted by Gasteiger charge is 2.51. The number of rotatable bonds is 8. The fraction of sp³-hybridized carbons (Fsp3) is 0.600. The van der Waals surface area contributed by atoms with Crippen molar-refractivity contribution in [1.29, 1.82) is 0 Å². The summed E-state index contributed by atoms with van der Waals surface area (Å²) in [6.07, 6.45) is 9.34. The molecule has 0 spiro atoms. The third-order valence-corrected chi connectivity index (χ3v) is 6.99.